The molecule has 39 heavy (non-hydrogen) atoms. The highest BCUT2D eigenvalue weighted by atomic mass is 32.6. The lowest BCUT2D eigenvalue weighted by Gasteiger charge is -2.32. The second-order valence-corrected chi connectivity index (χ2v) is 20.9. The minimum absolute atomic E-state index is 1.03. The Bertz CT molecular complexity index is 1080. The molecule has 208 valence electrons. The van der Waals surface area contributed by atoms with Crippen LogP contribution in [0.4, 0.5) is 0 Å². The molecule has 2 N–H and O–H groups in total. The summed E-state index contributed by atoms with van der Waals surface area (Å²) in [5, 5.41) is 10.2. The minimum Gasteiger partial charge on any atom is -0.388 e. The van der Waals surface area contributed by atoms with Gasteiger partial charge < -0.3 is 10.6 Å². The van der Waals surface area contributed by atoms with E-state index in [1.54, 1.807) is 0 Å². The molecular weight excluding hydrogens is 569 g/mol. The van der Waals surface area contributed by atoms with E-state index in [9.17, 15) is 0 Å². The summed E-state index contributed by atoms with van der Waals surface area (Å²) in [5.41, 5.74) is 5.48. The number of hydrogen-bond donors (Lipinski definition) is 2. The van der Waals surface area contributed by atoms with Gasteiger partial charge in [0.05, 0.1) is 8.39 Å². The van der Waals surface area contributed by atoms with Gasteiger partial charge in [-0.2, -0.15) is 0 Å². The van der Waals surface area contributed by atoms with E-state index in [0.717, 1.165) is 47.2 Å². The fourth-order valence-corrected chi connectivity index (χ4v) is 19.6. The van der Waals surface area contributed by atoms with Gasteiger partial charge in [0, 0.05) is 24.5 Å². The monoisotopic (exact) mass is 610 g/mol. The average Bonchev–Trinajstić information content (AvgIpc) is 3.64. The Morgan fingerprint density at radius 1 is 0.667 bits per heavy atom. The zero-order valence-corrected chi connectivity index (χ0v) is 27.7. The van der Waals surface area contributed by atoms with E-state index in [1.807, 2.05) is 22.4 Å². The Hall–Kier alpha value is -1.38. The van der Waals surface area contributed by atoms with Crippen molar-refractivity contribution in [2.45, 2.75) is 78.1 Å². The minimum atomic E-state index is -2.52. The molecule has 0 amide bonds. The molecule has 2 aliphatic rings. The fraction of sp³-hybridized carbons (Fsp3) is 0.438. The molecule has 2 aromatic carbocycles. The van der Waals surface area contributed by atoms with Crippen molar-refractivity contribution in [3.63, 3.8) is 0 Å². The molecule has 0 saturated carbocycles. The molecule has 0 spiro atoms. The number of unbranched alkanes of at least 4 members (excludes halogenated alkanes) is 2. The van der Waals surface area contributed by atoms with Gasteiger partial charge in [-0.05, 0) is 72.9 Å². The molecule has 0 fully saturated rings. The van der Waals surface area contributed by atoms with E-state index in [0.29, 0.717) is 0 Å². The summed E-state index contributed by atoms with van der Waals surface area (Å²) < 4.78 is 2.12. The Kier molecular flexibility index (Phi) is 12.2. The Morgan fingerprint density at radius 3 is 1.46 bits per heavy atom. The lowest BCUT2D eigenvalue weighted by Crippen LogP contribution is -2.54. The van der Waals surface area contributed by atoms with Crippen molar-refractivity contribution in [1.29, 1.82) is 0 Å². The van der Waals surface area contributed by atoms with Crippen LogP contribution in [0.5, 0.6) is 0 Å². The van der Waals surface area contributed by atoms with Gasteiger partial charge in [0.2, 0.25) is 0 Å². The topological polar surface area (TPSA) is 24.1 Å². The summed E-state index contributed by atoms with van der Waals surface area (Å²) in [6.45, 7) is 6.56. The molecular formula is C32H42N2S4Si. The molecule has 0 unspecified atom stereocenters. The average molecular weight is 611 g/mol. The molecule has 2 nitrogen and oxygen atoms in total. The van der Waals surface area contributed by atoms with Crippen LogP contribution in [0.3, 0.4) is 0 Å². The standard InChI is InChI=1S/C32H42N2S4Si/c1-3-5-23-33-29-21-13-19-27(29)31(35)37-39(25-15-9-7-10-16-25,26-17-11-8-12-18-26)38-32(36)28-20-14-22-30(28)34-24-6-4-2/h7-12,15-18,33-34H,3-6,13-14,19-24H2,1-2H3. The summed E-state index contributed by atoms with van der Waals surface area (Å²) >= 11 is 16.5. The lowest BCUT2D eigenvalue weighted by atomic mass is 10.2. The third-order valence-electron chi connectivity index (χ3n) is 7.45. The largest absolute Gasteiger partial charge is 0.388 e. The van der Waals surface area contributed by atoms with Crippen molar-refractivity contribution in [2.75, 3.05) is 13.1 Å². The zero-order chi connectivity index (χ0) is 27.5. The molecule has 0 aromatic heterocycles. The fourth-order valence-electron chi connectivity index (χ4n) is 5.28. The van der Waals surface area contributed by atoms with E-state index in [4.69, 9.17) is 24.4 Å². The molecule has 0 aliphatic heterocycles. The van der Waals surface area contributed by atoms with Crippen LogP contribution >= 0.6 is 46.9 Å². The van der Waals surface area contributed by atoms with Gasteiger partial charge in [-0.15, -0.1) is 22.4 Å². The molecule has 0 bridgehead atoms. The summed E-state index contributed by atoms with van der Waals surface area (Å²) in [6.07, 6.45) is 8.98. The van der Waals surface area contributed by atoms with Gasteiger partial charge in [-0.1, -0.05) is 112 Å². The summed E-state index contributed by atoms with van der Waals surface area (Å²) in [6, 6.07) is 22.1. The molecule has 0 atom stereocenters. The maximum absolute atomic E-state index is 6.32. The van der Waals surface area contributed by atoms with Crippen LogP contribution in [0, 0.1) is 0 Å². The van der Waals surface area contributed by atoms with Crippen LogP contribution in [0.2, 0.25) is 0 Å². The van der Waals surface area contributed by atoms with Crippen LogP contribution in [-0.2, 0) is 0 Å². The lowest BCUT2D eigenvalue weighted by molar-refractivity contribution is 0.691. The number of allylic oxidation sites excluding steroid dienone is 2. The summed E-state index contributed by atoms with van der Waals surface area (Å²) in [4.78, 5) is 0. The molecule has 0 saturated heterocycles. The highest BCUT2D eigenvalue weighted by Crippen LogP contribution is 2.42. The molecule has 0 radical (unpaired) electrons. The highest BCUT2D eigenvalue weighted by Gasteiger charge is 2.44. The first kappa shape index (κ1) is 30.6. The number of benzene rings is 2. The van der Waals surface area contributed by atoms with Crippen molar-refractivity contribution >= 4 is 72.0 Å². The van der Waals surface area contributed by atoms with Crippen LogP contribution in [-0.4, -0.2) is 27.9 Å². The normalized spacial score (nSPS) is 15.6. The highest BCUT2D eigenvalue weighted by molar-refractivity contribution is 8.72. The second-order valence-electron chi connectivity index (χ2n) is 10.3. The zero-order valence-electron chi connectivity index (χ0n) is 23.4. The number of thiocarbonyl (C=S) groups is 2. The van der Waals surface area contributed by atoms with E-state index >= 15 is 0 Å². The van der Waals surface area contributed by atoms with Gasteiger partial charge in [0.15, 0.2) is 0 Å². The summed E-state index contributed by atoms with van der Waals surface area (Å²) in [7, 11) is 0. The third kappa shape index (κ3) is 7.88. The van der Waals surface area contributed by atoms with Gasteiger partial charge in [0.25, 0.3) is 6.37 Å². The number of hydrogen-bond acceptors (Lipinski definition) is 6. The SMILES string of the molecule is CCCCNC1=C(C(=S)S[Si](SC(=S)C2=C(NCCCC)CCC2)(c2ccccc2)c2ccccc2)CCC1. The van der Waals surface area contributed by atoms with Crippen molar-refractivity contribution in [3.05, 3.63) is 83.2 Å². The number of rotatable bonds is 14. The first-order valence-electron chi connectivity index (χ1n) is 14.6. The van der Waals surface area contributed by atoms with Crippen molar-refractivity contribution in [3.8, 4) is 0 Å². The van der Waals surface area contributed by atoms with Gasteiger partial charge in [-0.25, -0.2) is 0 Å². The maximum atomic E-state index is 6.32. The Labute approximate surface area is 255 Å². The first-order valence-corrected chi connectivity index (χ1v) is 20.5. The van der Waals surface area contributed by atoms with E-state index in [2.05, 4.69) is 85.1 Å². The van der Waals surface area contributed by atoms with Gasteiger partial charge in [0.1, 0.15) is 0 Å². The number of nitrogens with one attached hydrogen (secondary N) is 2. The third-order valence-corrected chi connectivity index (χ3v) is 20.2. The van der Waals surface area contributed by atoms with E-state index in [1.165, 1.54) is 71.4 Å². The van der Waals surface area contributed by atoms with Gasteiger partial charge in [-0.3, -0.25) is 0 Å². The first-order chi connectivity index (χ1) is 19.1. The molecule has 7 heteroatoms. The molecule has 0 heterocycles. The van der Waals surface area contributed by atoms with Crippen LogP contribution in [0.15, 0.2) is 83.2 Å². The predicted molar refractivity (Wildman–Crippen MR) is 186 cm³/mol. The van der Waals surface area contributed by atoms with E-state index in [-0.39, 0.29) is 0 Å². The maximum Gasteiger partial charge on any atom is 0.251 e. The van der Waals surface area contributed by atoms with Crippen molar-refractivity contribution in [1.82, 2.24) is 10.6 Å². The molecule has 4 rings (SSSR count). The van der Waals surface area contributed by atoms with Crippen LogP contribution in [0.25, 0.3) is 0 Å². The van der Waals surface area contributed by atoms with Gasteiger partial charge >= 0.3 is 0 Å². The Morgan fingerprint density at radius 2 is 1.08 bits per heavy atom. The van der Waals surface area contributed by atoms with Crippen LogP contribution < -0.4 is 21.0 Å². The molecule has 2 aromatic rings. The smallest absolute Gasteiger partial charge is 0.251 e. The van der Waals surface area contributed by atoms with Crippen molar-refractivity contribution in [2.24, 2.45) is 0 Å². The Balaban J connectivity index is 1.73. The quantitative estimate of drug-likeness (QED) is 0.128. The van der Waals surface area contributed by atoms with E-state index < -0.39 is 6.37 Å². The van der Waals surface area contributed by atoms with Crippen LogP contribution in [0.1, 0.15) is 78.1 Å². The van der Waals surface area contributed by atoms with Crippen molar-refractivity contribution < 1.29 is 0 Å². The second kappa shape index (κ2) is 15.6. The molecule has 2 aliphatic carbocycles. The predicted octanol–water partition coefficient (Wildman–Crippen LogP) is 8.02. The summed E-state index contributed by atoms with van der Waals surface area (Å²) in [5.74, 6) is 0.